The zero-order valence-corrected chi connectivity index (χ0v) is 15.7. The molecule has 0 aliphatic carbocycles. The van der Waals surface area contributed by atoms with Crippen LogP contribution < -0.4 is 16.0 Å². The van der Waals surface area contributed by atoms with E-state index in [1.165, 1.54) is 7.05 Å². The van der Waals surface area contributed by atoms with Crippen molar-refractivity contribution in [3.05, 3.63) is 45.9 Å². The van der Waals surface area contributed by atoms with Gasteiger partial charge in [-0.1, -0.05) is 12.0 Å². The first kappa shape index (κ1) is 21.2. The smallest absolute Gasteiger partial charge is 0.356 e. The summed E-state index contributed by atoms with van der Waals surface area (Å²) in [5.74, 6) is 2.53. The van der Waals surface area contributed by atoms with Gasteiger partial charge >= 0.3 is 6.18 Å². The first-order valence-electron chi connectivity index (χ1n) is 8.14. The number of amides is 1. The lowest BCUT2D eigenvalue weighted by Gasteiger charge is -2.11. The monoisotopic (exact) mass is 409 g/mol. The van der Waals surface area contributed by atoms with Crippen LogP contribution in [0.4, 0.5) is 18.9 Å². The summed E-state index contributed by atoms with van der Waals surface area (Å²) in [5, 5.41) is 9.80. The maximum Gasteiger partial charge on any atom is 0.434 e. The van der Waals surface area contributed by atoms with E-state index in [0.717, 1.165) is 16.7 Å². The van der Waals surface area contributed by atoms with Crippen LogP contribution in [0.15, 0.2) is 34.6 Å². The molecule has 6 nitrogen and oxygen atoms in total. The Morgan fingerprint density at radius 3 is 2.79 bits per heavy atom. The molecule has 3 N–H and O–H groups in total. The Morgan fingerprint density at radius 2 is 2.14 bits per heavy atom. The fraction of sp³-hybridized carbons (Fsp3) is 0.278. The van der Waals surface area contributed by atoms with Gasteiger partial charge in [0.25, 0.3) is 0 Å². The molecule has 28 heavy (non-hydrogen) atoms. The number of alkyl halides is 3. The predicted molar refractivity (Wildman–Crippen MR) is 103 cm³/mol. The number of nitrogens with one attached hydrogen (secondary N) is 3. The van der Waals surface area contributed by atoms with Gasteiger partial charge in [-0.05, 0) is 18.2 Å². The van der Waals surface area contributed by atoms with E-state index in [9.17, 15) is 18.0 Å². The summed E-state index contributed by atoms with van der Waals surface area (Å²) in [6, 6.07) is 6.88. The third kappa shape index (κ3) is 6.59. The molecule has 1 aromatic carbocycles. The minimum atomic E-state index is -4.44. The molecule has 1 amide bonds. The van der Waals surface area contributed by atoms with Crippen molar-refractivity contribution in [2.45, 2.75) is 12.6 Å². The molecule has 0 radical (unpaired) electrons. The van der Waals surface area contributed by atoms with Gasteiger partial charge in [-0.2, -0.15) is 13.2 Å². The molecule has 0 unspecified atom stereocenters. The Hall–Kier alpha value is -3.06. The average molecular weight is 409 g/mol. The van der Waals surface area contributed by atoms with Gasteiger partial charge in [0.1, 0.15) is 0 Å². The summed E-state index contributed by atoms with van der Waals surface area (Å²) in [4.78, 5) is 19.5. The molecule has 0 atom stereocenters. The van der Waals surface area contributed by atoms with Crippen molar-refractivity contribution in [3.8, 4) is 12.3 Å². The number of aromatic nitrogens is 1. The summed E-state index contributed by atoms with van der Waals surface area (Å²) < 4.78 is 37.6. The molecular weight excluding hydrogens is 391 g/mol. The van der Waals surface area contributed by atoms with E-state index < -0.39 is 11.9 Å². The number of anilines is 1. The van der Waals surface area contributed by atoms with Crippen molar-refractivity contribution >= 4 is 28.9 Å². The largest absolute Gasteiger partial charge is 0.434 e. The Bertz CT molecular complexity index is 886. The first-order chi connectivity index (χ1) is 13.3. The molecule has 0 aliphatic heterocycles. The van der Waals surface area contributed by atoms with E-state index in [2.05, 4.69) is 31.8 Å². The van der Waals surface area contributed by atoms with E-state index in [0.29, 0.717) is 35.2 Å². The quantitative estimate of drug-likeness (QED) is 0.389. The number of guanidine groups is 1. The van der Waals surface area contributed by atoms with E-state index in [-0.39, 0.29) is 12.5 Å². The molecule has 0 aliphatic rings. The van der Waals surface area contributed by atoms with Gasteiger partial charge in [-0.25, -0.2) is 4.98 Å². The second kappa shape index (κ2) is 9.75. The molecule has 0 saturated carbocycles. The van der Waals surface area contributed by atoms with Crippen molar-refractivity contribution in [2.75, 3.05) is 25.5 Å². The molecular formula is C18H18F3N5OS. The van der Waals surface area contributed by atoms with Crippen molar-refractivity contribution in [3.63, 3.8) is 0 Å². The lowest BCUT2D eigenvalue weighted by atomic mass is 10.2. The highest BCUT2D eigenvalue weighted by atomic mass is 32.1. The van der Waals surface area contributed by atoms with Crippen LogP contribution in [0, 0.1) is 12.3 Å². The fourth-order valence-electron chi connectivity index (χ4n) is 2.12. The van der Waals surface area contributed by atoms with E-state index in [1.54, 1.807) is 24.3 Å². The highest BCUT2D eigenvalue weighted by Crippen LogP contribution is 2.29. The Balaban J connectivity index is 1.75. The third-order valence-corrected chi connectivity index (χ3v) is 4.34. The van der Waals surface area contributed by atoms with Crippen LogP contribution in [0.1, 0.15) is 16.3 Å². The molecule has 2 aromatic rings. The van der Waals surface area contributed by atoms with Gasteiger partial charge in [-0.3, -0.25) is 9.79 Å². The van der Waals surface area contributed by atoms with Crippen LogP contribution in [0.2, 0.25) is 0 Å². The van der Waals surface area contributed by atoms with Gasteiger partial charge in [-0.15, -0.1) is 17.8 Å². The second-order valence-electron chi connectivity index (χ2n) is 5.50. The summed E-state index contributed by atoms with van der Waals surface area (Å²) in [7, 11) is 1.52. The van der Waals surface area contributed by atoms with Gasteiger partial charge in [0.05, 0.1) is 11.6 Å². The van der Waals surface area contributed by atoms with Crippen LogP contribution in [0.5, 0.6) is 0 Å². The number of aliphatic imine (C=N–C) groups is 1. The standard InChI is InChI=1S/C18H18F3N5OS/c1-3-12-5-4-6-13(9-12)25-15(27)10-24-17(22-2)23-8-7-16-26-14(11-28-16)18(19,20)21/h1,4-6,9,11H,7-8,10H2,2H3,(H,25,27)(H2,22,23,24). The zero-order chi connectivity index (χ0) is 20.6. The summed E-state index contributed by atoms with van der Waals surface area (Å²) in [6.45, 7) is 0.270. The molecule has 1 aromatic heterocycles. The number of carbonyl (C=O) groups is 1. The van der Waals surface area contributed by atoms with Gasteiger partial charge in [0.15, 0.2) is 11.7 Å². The highest BCUT2D eigenvalue weighted by Gasteiger charge is 2.33. The maximum absolute atomic E-state index is 12.5. The lowest BCUT2D eigenvalue weighted by Crippen LogP contribution is -2.42. The fourth-order valence-corrected chi connectivity index (χ4v) is 2.93. The number of carbonyl (C=O) groups excluding carboxylic acids is 1. The molecule has 10 heteroatoms. The molecule has 2 rings (SSSR count). The number of nitrogens with zero attached hydrogens (tertiary/aromatic N) is 2. The average Bonchev–Trinajstić information content (AvgIpc) is 3.14. The van der Waals surface area contributed by atoms with Crippen molar-refractivity contribution in [1.29, 1.82) is 0 Å². The zero-order valence-electron chi connectivity index (χ0n) is 14.9. The third-order valence-electron chi connectivity index (χ3n) is 3.43. The molecule has 0 fully saturated rings. The summed E-state index contributed by atoms with van der Waals surface area (Å²) >= 11 is 0.949. The van der Waals surface area contributed by atoms with E-state index in [1.807, 2.05) is 0 Å². The molecule has 0 saturated heterocycles. The number of benzene rings is 1. The Kier molecular flexibility index (Phi) is 7.40. The summed E-state index contributed by atoms with van der Waals surface area (Å²) in [5.41, 5.74) is 0.342. The van der Waals surface area contributed by atoms with Crippen LogP contribution in [0.25, 0.3) is 0 Å². The topological polar surface area (TPSA) is 78.4 Å². The minimum Gasteiger partial charge on any atom is -0.356 e. The number of terminal acetylenes is 1. The number of rotatable bonds is 6. The number of halogens is 3. The van der Waals surface area contributed by atoms with Gasteiger partial charge in [0, 0.05) is 36.6 Å². The van der Waals surface area contributed by atoms with Crippen LogP contribution >= 0.6 is 11.3 Å². The maximum atomic E-state index is 12.5. The van der Waals surface area contributed by atoms with E-state index in [4.69, 9.17) is 6.42 Å². The Morgan fingerprint density at radius 1 is 1.36 bits per heavy atom. The molecule has 0 spiro atoms. The molecule has 1 heterocycles. The second-order valence-corrected chi connectivity index (χ2v) is 6.44. The predicted octanol–water partition coefficient (Wildman–Crippen LogP) is 2.49. The normalized spacial score (nSPS) is 11.6. The van der Waals surface area contributed by atoms with Crippen LogP contribution in [0.3, 0.4) is 0 Å². The van der Waals surface area contributed by atoms with E-state index >= 15 is 0 Å². The highest BCUT2D eigenvalue weighted by molar-refractivity contribution is 7.09. The SMILES string of the molecule is C#Cc1cccc(NC(=O)CNC(=NC)NCCc2nc(C(F)(F)F)cs2)c1. The van der Waals surface area contributed by atoms with Crippen molar-refractivity contribution in [1.82, 2.24) is 15.6 Å². The van der Waals surface area contributed by atoms with Crippen LogP contribution in [-0.4, -0.2) is 37.0 Å². The molecule has 0 bridgehead atoms. The lowest BCUT2D eigenvalue weighted by molar-refractivity contribution is -0.140. The number of hydrogen-bond donors (Lipinski definition) is 3. The number of hydrogen-bond acceptors (Lipinski definition) is 4. The van der Waals surface area contributed by atoms with Gasteiger partial charge < -0.3 is 16.0 Å². The van der Waals surface area contributed by atoms with Crippen molar-refractivity contribution < 1.29 is 18.0 Å². The minimum absolute atomic E-state index is 0.0462. The molecule has 148 valence electrons. The Labute approximate surface area is 164 Å². The summed E-state index contributed by atoms with van der Waals surface area (Å²) in [6.07, 6.45) is 1.18. The van der Waals surface area contributed by atoms with Gasteiger partial charge in [0.2, 0.25) is 5.91 Å². The first-order valence-corrected chi connectivity index (χ1v) is 9.02. The number of thiazole rings is 1. The van der Waals surface area contributed by atoms with Crippen LogP contribution in [-0.2, 0) is 17.4 Å². The van der Waals surface area contributed by atoms with Crippen molar-refractivity contribution in [2.24, 2.45) is 4.99 Å².